The number of carbonyl (C=O) groups is 2. The summed E-state index contributed by atoms with van der Waals surface area (Å²) in [5, 5.41) is 0. The van der Waals surface area contributed by atoms with Crippen LogP contribution in [0.15, 0.2) is 84.6 Å². The molecule has 0 aliphatic carbocycles. The van der Waals surface area contributed by atoms with E-state index in [4.69, 9.17) is 0 Å². The lowest BCUT2D eigenvalue weighted by Crippen LogP contribution is -2.35. The molecule has 32 heavy (non-hydrogen) atoms. The van der Waals surface area contributed by atoms with Crippen LogP contribution in [-0.2, 0) is 9.59 Å². The number of likely N-dealkylation sites (N-methyl/N-ethyl adjacent to an activating group) is 1. The topological polar surface area (TPSA) is 43.9 Å². The SMILES string of the molecule is CCN(C1=C(c2ccc(C)cc2)C(=O)N(c2ccc(N(C)C)cc2)C1=O)c1ccccc1. The number of hydrogen-bond donors (Lipinski definition) is 0. The summed E-state index contributed by atoms with van der Waals surface area (Å²) in [6, 6.07) is 24.9. The number of rotatable bonds is 6. The minimum absolute atomic E-state index is 0.305. The molecule has 0 aromatic heterocycles. The highest BCUT2D eigenvalue weighted by molar-refractivity contribution is 6.46. The van der Waals surface area contributed by atoms with Crippen LogP contribution in [0, 0.1) is 6.92 Å². The van der Waals surface area contributed by atoms with Crippen LogP contribution in [0.25, 0.3) is 5.57 Å². The van der Waals surface area contributed by atoms with Crippen molar-refractivity contribution in [1.82, 2.24) is 0 Å². The Morgan fingerprint density at radius 1 is 0.750 bits per heavy atom. The number of benzene rings is 3. The molecule has 0 spiro atoms. The molecule has 162 valence electrons. The first kappa shape index (κ1) is 21.4. The Bertz CT molecular complexity index is 1160. The number of nitrogens with zero attached hydrogens (tertiary/aromatic N) is 3. The van der Waals surface area contributed by atoms with Gasteiger partial charge in [-0.15, -0.1) is 0 Å². The second-order valence-electron chi connectivity index (χ2n) is 8.03. The Morgan fingerprint density at radius 3 is 1.94 bits per heavy atom. The highest BCUT2D eigenvalue weighted by Gasteiger charge is 2.42. The number of para-hydroxylation sites is 1. The van der Waals surface area contributed by atoms with E-state index in [2.05, 4.69) is 0 Å². The van der Waals surface area contributed by atoms with Crippen molar-refractivity contribution in [3.63, 3.8) is 0 Å². The first-order valence-electron chi connectivity index (χ1n) is 10.7. The minimum atomic E-state index is -0.311. The fraction of sp³-hybridized carbons (Fsp3) is 0.185. The molecule has 0 unspecified atom stereocenters. The van der Waals surface area contributed by atoms with E-state index < -0.39 is 0 Å². The number of carbonyl (C=O) groups excluding carboxylic acids is 2. The van der Waals surface area contributed by atoms with E-state index in [1.54, 1.807) is 0 Å². The molecule has 0 bridgehead atoms. The molecule has 1 aliphatic rings. The van der Waals surface area contributed by atoms with Crippen molar-refractivity contribution in [2.45, 2.75) is 13.8 Å². The monoisotopic (exact) mass is 425 g/mol. The summed E-state index contributed by atoms with van der Waals surface area (Å²) in [5.74, 6) is -0.616. The second kappa shape index (κ2) is 8.71. The number of hydrogen-bond acceptors (Lipinski definition) is 4. The van der Waals surface area contributed by atoms with Crippen LogP contribution in [0.1, 0.15) is 18.1 Å². The van der Waals surface area contributed by atoms with Crippen molar-refractivity contribution >= 4 is 34.4 Å². The van der Waals surface area contributed by atoms with Crippen LogP contribution in [0.2, 0.25) is 0 Å². The largest absolute Gasteiger partial charge is 0.378 e. The summed E-state index contributed by atoms with van der Waals surface area (Å²) in [6.07, 6.45) is 0. The van der Waals surface area contributed by atoms with Gasteiger partial charge in [-0.1, -0.05) is 48.0 Å². The van der Waals surface area contributed by atoms with Crippen LogP contribution in [0.4, 0.5) is 17.1 Å². The Kier molecular flexibility index (Phi) is 5.82. The zero-order chi connectivity index (χ0) is 22.8. The zero-order valence-corrected chi connectivity index (χ0v) is 18.9. The van der Waals surface area contributed by atoms with Gasteiger partial charge in [-0.05, 0) is 55.8 Å². The van der Waals surface area contributed by atoms with Gasteiger partial charge in [0.2, 0.25) is 0 Å². The third-order valence-electron chi connectivity index (χ3n) is 5.68. The molecule has 2 amide bonds. The molecule has 5 nitrogen and oxygen atoms in total. The lowest BCUT2D eigenvalue weighted by molar-refractivity contribution is -0.120. The van der Waals surface area contributed by atoms with Crippen LogP contribution in [0.5, 0.6) is 0 Å². The molecule has 1 aliphatic heterocycles. The van der Waals surface area contributed by atoms with Crippen molar-refractivity contribution in [3.05, 3.63) is 95.7 Å². The van der Waals surface area contributed by atoms with Crippen LogP contribution in [-0.4, -0.2) is 32.5 Å². The molecule has 0 fully saturated rings. The molecule has 0 N–H and O–H groups in total. The van der Waals surface area contributed by atoms with E-state index in [0.717, 1.165) is 22.5 Å². The number of amides is 2. The normalized spacial score (nSPS) is 13.7. The third kappa shape index (κ3) is 3.78. The minimum Gasteiger partial charge on any atom is -0.378 e. The van der Waals surface area contributed by atoms with Gasteiger partial charge in [-0.25, -0.2) is 4.90 Å². The molecule has 0 radical (unpaired) electrons. The van der Waals surface area contributed by atoms with Crippen molar-refractivity contribution in [1.29, 1.82) is 0 Å². The van der Waals surface area contributed by atoms with Gasteiger partial charge in [-0.2, -0.15) is 0 Å². The van der Waals surface area contributed by atoms with E-state index in [1.165, 1.54) is 4.90 Å². The maximum atomic E-state index is 13.8. The molecule has 3 aromatic rings. The van der Waals surface area contributed by atoms with Gasteiger partial charge >= 0.3 is 0 Å². The van der Waals surface area contributed by atoms with Crippen molar-refractivity contribution in [3.8, 4) is 0 Å². The van der Waals surface area contributed by atoms with E-state index in [0.29, 0.717) is 23.5 Å². The summed E-state index contributed by atoms with van der Waals surface area (Å²) in [5.41, 5.74) is 5.11. The summed E-state index contributed by atoms with van der Waals surface area (Å²) < 4.78 is 0. The molecule has 0 saturated heterocycles. The average Bonchev–Trinajstić information content (AvgIpc) is 3.06. The summed E-state index contributed by atoms with van der Waals surface area (Å²) in [6.45, 7) is 4.54. The quantitative estimate of drug-likeness (QED) is 0.529. The predicted octanol–water partition coefficient (Wildman–Crippen LogP) is 4.87. The van der Waals surface area contributed by atoms with Gasteiger partial charge in [0.15, 0.2) is 0 Å². The fourth-order valence-electron chi connectivity index (χ4n) is 3.96. The Hall–Kier alpha value is -3.86. The lowest BCUT2D eigenvalue weighted by Gasteiger charge is -2.25. The lowest BCUT2D eigenvalue weighted by atomic mass is 10.0. The van der Waals surface area contributed by atoms with Gasteiger partial charge < -0.3 is 9.80 Å². The predicted molar refractivity (Wildman–Crippen MR) is 131 cm³/mol. The fourth-order valence-corrected chi connectivity index (χ4v) is 3.96. The average molecular weight is 426 g/mol. The van der Waals surface area contributed by atoms with Crippen molar-refractivity contribution < 1.29 is 9.59 Å². The Labute approximate surface area is 189 Å². The standard InChI is InChI=1S/C27H27N3O2/c1-5-29(22-9-7-6-8-10-22)25-24(20-13-11-19(2)12-14-20)26(31)30(27(25)32)23-17-15-21(16-18-23)28(3)4/h6-18H,5H2,1-4H3. The second-order valence-corrected chi connectivity index (χ2v) is 8.03. The van der Waals surface area contributed by atoms with Crippen molar-refractivity contribution in [2.75, 3.05) is 35.3 Å². The molecule has 4 rings (SSSR count). The van der Waals surface area contributed by atoms with E-state index in [9.17, 15) is 9.59 Å². The maximum Gasteiger partial charge on any atom is 0.282 e. The van der Waals surface area contributed by atoms with Crippen LogP contribution < -0.4 is 14.7 Å². The Morgan fingerprint density at radius 2 is 1.38 bits per heavy atom. The zero-order valence-electron chi connectivity index (χ0n) is 18.9. The maximum absolute atomic E-state index is 13.8. The molecule has 0 saturated carbocycles. The number of aryl methyl sites for hydroxylation is 1. The number of anilines is 3. The highest BCUT2D eigenvalue weighted by Crippen LogP contribution is 2.37. The summed E-state index contributed by atoms with van der Waals surface area (Å²) in [7, 11) is 3.91. The smallest absolute Gasteiger partial charge is 0.282 e. The Balaban J connectivity index is 1.86. The molecule has 1 heterocycles. The van der Waals surface area contributed by atoms with Gasteiger partial charge in [0.05, 0.1) is 11.3 Å². The van der Waals surface area contributed by atoms with E-state index in [1.807, 2.05) is 117 Å². The first-order valence-corrected chi connectivity index (χ1v) is 10.7. The highest BCUT2D eigenvalue weighted by atomic mass is 16.2. The summed E-state index contributed by atoms with van der Waals surface area (Å²) in [4.78, 5) is 32.6. The molecule has 3 aromatic carbocycles. The first-order chi connectivity index (χ1) is 15.4. The van der Waals surface area contributed by atoms with Crippen LogP contribution in [0.3, 0.4) is 0 Å². The molecular formula is C27H27N3O2. The molecular weight excluding hydrogens is 398 g/mol. The van der Waals surface area contributed by atoms with Gasteiger partial charge in [0.1, 0.15) is 5.70 Å². The third-order valence-corrected chi connectivity index (χ3v) is 5.68. The van der Waals surface area contributed by atoms with Gasteiger partial charge in [0, 0.05) is 32.0 Å². The number of imide groups is 1. The van der Waals surface area contributed by atoms with Crippen LogP contribution >= 0.6 is 0 Å². The molecule has 5 heteroatoms. The van der Waals surface area contributed by atoms with E-state index in [-0.39, 0.29) is 11.8 Å². The molecule has 0 atom stereocenters. The summed E-state index contributed by atoms with van der Waals surface area (Å²) >= 11 is 0. The van der Waals surface area contributed by atoms with Gasteiger partial charge in [-0.3, -0.25) is 9.59 Å². The van der Waals surface area contributed by atoms with Crippen molar-refractivity contribution in [2.24, 2.45) is 0 Å². The van der Waals surface area contributed by atoms with E-state index >= 15 is 0 Å². The van der Waals surface area contributed by atoms with Gasteiger partial charge in [0.25, 0.3) is 11.8 Å².